The van der Waals surface area contributed by atoms with Crippen molar-refractivity contribution in [1.82, 2.24) is 29.3 Å². The zero-order chi connectivity index (χ0) is 25.5. The van der Waals surface area contributed by atoms with Gasteiger partial charge in [0.1, 0.15) is 16.2 Å². The number of rotatable bonds is 5. The summed E-state index contributed by atoms with van der Waals surface area (Å²) in [6.07, 6.45) is 14.2. The molecule has 0 unspecified atom stereocenters. The molecule has 1 aliphatic rings. The summed E-state index contributed by atoms with van der Waals surface area (Å²) in [6, 6.07) is 3.31. The van der Waals surface area contributed by atoms with E-state index in [1.165, 1.54) is 55.8 Å². The van der Waals surface area contributed by atoms with Gasteiger partial charge in [0.15, 0.2) is 12.1 Å². The van der Waals surface area contributed by atoms with Gasteiger partial charge in [0.05, 0.1) is 18.0 Å². The first-order valence-electron chi connectivity index (χ1n) is 11.8. The first kappa shape index (κ1) is 22.9. The Labute approximate surface area is 214 Å². The van der Waals surface area contributed by atoms with Gasteiger partial charge in [-0.3, -0.25) is 19.4 Å². The lowest BCUT2D eigenvalue weighted by Gasteiger charge is -2.13. The Morgan fingerprint density at radius 3 is 2.73 bits per heavy atom. The highest BCUT2D eigenvalue weighted by Gasteiger charge is 2.22. The van der Waals surface area contributed by atoms with Gasteiger partial charge in [-0.15, -0.1) is 11.3 Å². The lowest BCUT2D eigenvalue weighted by atomic mass is 9.97. The van der Waals surface area contributed by atoms with Crippen LogP contribution in [0.15, 0.2) is 58.9 Å². The van der Waals surface area contributed by atoms with E-state index in [0.29, 0.717) is 27.9 Å². The molecule has 0 atom stereocenters. The number of fused-ring (bicyclic) bond motifs is 3. The van der Waals surface area contributed by atoms with Gasteiger partial charge < -0.3 is 9.88 Å². The van der Waals surface area contributed by atoms with Gasteiger partial charge in [-0.25, -0.2) is 9.97 Å². The molecule has 1 aliphatic carbocycles. The van der Waals surface area contributed by atoms with Gasteiger partial charge >= 0.3 is 0 Å². The van der Waals surface area contributed by atoms with Crippen molar-refractivity contribution in [3.8, 4) is 16.9 Å². The van der Waals surface area contributed by atoms with Crippen molar-refractivity contribution in [3.05, 3.63) is 86.0 Å². The lowest BCUT2D eigenvalue weighted by Crippen LogP contribution is -2.23. The van der Waals surface area contributed by atoms with E-state index in [1.807, 2.05) is 0 Å². The predicted octanol–water partition coefficient (Wildman–Crippen LogP) is 3.43. The Kier molecular flexibility index (Phi) is 5.68. The minimum absolute atomic E-state index is 0.142. The number of nitrogens with one attached hydrogen (secondary N) is 1. The minimum atomic E-state index is -0.296. The summed E-state index contributed by atoms with van der Waals surface area (Å²) in [5.41, 5.74) is 2.19. The molecule has 0 saturated carbocycles. The Hall–Kier alpha value is -4.51. The van der Waals surface area contributed by atoms with Crippen LogP contribution < -0.4 is 16.4 Å². The van der Waals surface area contributed by atoms with Crippen molar-refractivity contribution < 1.29 is 4.79 Å². The summed E-state index contributed by atoms with van der Waals surface area (Å²) in [7, 11) is 1.62. The molecule has 5 aromatic rings. The van der Waals surface area contributed by atoms with Crippen molar-refractivity contribution in [3.63, 3.8) is 0 Å². The summed E-state index contributed by atoms with van der Waals surface area (Å²) in [5, 5.41) is 8.29. The number of hydrogen-bond acceptors (Lipinski definition) is 9. The van der Waals surface area contributed by atoms with E-state index in [0.717, 1.165) is 31.1 Å². The topological polar surface area (TPSA) is 125 Å². The number of nitrogens with zero attached hydrogens (tertiary/aromatic N) is 6. The molecule has 0 fully saturated rings. The van der Waals surface area contributed by atoms with Gasteiger partial charge in [0.2, 0.25) is 0 Å². The molecule has 1 N–H and O–H groups in total. The van der Waals surface area contributed by atoms with Gasteiger partial charge in [0, 0.05) is 47.7 Å². The molecular weight excluding hydrogens is 490 g/mol. The summed E-state index contributed by atoms with van der Waals surface area (Å²) in [6.45, 7) is 0. The number of carbonyl (C=O) groups is 1. The van der Waals surface area contributed by atoms with Gasteiger partial charge in [-0.05, 0) is 48.9 Å². The van der Waals surface area contributed by atoms with Crippen LogP contribution in [0.2, 0.25) is 0 Å². The van der Waals surface area contributed by atoms with Crippen LogP contribution in [0.5, 0.6) is 0 Å². The highest BCUT2D eigenvalue weighted by Crippen LogP contribution is 2.34. The molecule has 184 valence electrons. The van der Waals surface area contributed by atoms with Crippen LogP contribution in [0.1, 0.15) is 33.6 Å². The number of thiophene rings is 1. The smallest absolute Gasteiger partial charge is 0.290 e. The third-order valence-electron chi connectivity index (χ3n) is 6.51. The Morgan fingerprint density at radius 1 is 1.05 bits per heavy atom. The van der Waals surface area contributed by atoms with E-state index >= 15 is 0 Å². The van der Waals surface area contributed by atoms with Crippen LogP contribution in [0.3, 0.4) is 0 Å². The fraction of sp³-hybridized carbons (Fsp3) is 0.192. The molecule has 11 heteroatoms. The van der Waals surface area contributed by atoms with E-state index < -0.39 is 0 Å². The van der Waals surface area contributed by atoms with Crippen molar-refractivity contribution >= 4 is 39.2 Å². The zero-order valence-electron chi connectivity index (χ0n) is 19.8. The largest absolute Gasteiger partial charge is 0.334 e. The van der Waals surface area contributed by atoms with Crippen LogP contribution in [0.4, 0.5) is 11.5 Å². The second-order valence-corrected chi connectivity index (χ2v) is 9.91. The van der Waals surface area contributed by atoms with Gasteiger partial charge in [0.25, 0.3) is 11.1 Å². The van der Waals surface area contributed by atoms with E-state index in [9.17, 15) is 14.4 Å². The molecule has 6 rings (SSSR count). The van der Waals surface area contributed by atoms with Crippen molar-refractivity contribution in [2.45, 2.75) is 25.7 Å². The molecule has 0 radical (unpaired) electrons. The number of carbonyl (C=O) groups excluding carboxylic acids is 1. The van der Waals surface area contributed by atoms with Crippen LogP contribution in [-0.4, -0.2) is 35.6 Å². The van der Waals surface area contributed by atoms with Gasteiger partial charge in [-0.2, -0.15) is 9.78 Å². The molecule has 5 aromatic heterocycles. The third-order valence-corrected chi connectivity index (χ3v) is 7.80. The number of aldehydes is 1. The maximum atomic E-state index is 13.5. The number of pyridine rings is 2. The summed E-state index contributed by atoms with van der Waals surface area (Å²) in [5.74, 6) is 0.550. The molecule has 0 bridgehead atoms. The molecule has 0 saturated heterocycles. The van der Waals surface area contributed by atoms with Crippen molar-refractivity contribution in [2.75, 3.05) is 5.32 Å². The summed E-state index contributed by atoms with van der Waals surface area (Å²) >= 11 is 1.51. The predicted molar refractivity (Wildman–Crippen MR) is 141 cm³/mol. The molecule has 0 aliphatic heterocycles. The van der Waals surface area contributed by atoms with E-state index in [4.69, 9.17) is 0 Å². The van der Waals surface area contributed by atoms with E-state index in [2.05, 4.69) is 25.4 Å². The number of aryl methyl sites for hydroxylation is 3. The van der Waals surface area contributed by atoms with Crippen molar-refractivity contribution in [1.29, 1.82) is 0 Å². The third kappa shape index (κ3) is 3.93. The zero-order valence-corrected chi connectivity index (χ0v) is 20.7. The standard InChI is InChI=1S/C26H21N7O3S/c1-32-13-15(10-20(25(32)35)31-22-12-27-8-9-28-22)16-6-7-29-24(19(16)14-34)33-26(36)23-18(11-30-33)17-4-2-3-5-21(17)37-23/h6-14H,2-5H2,1H3,(H,28,31). The van der Waals surface area contributed by atoms with Crippen LogP contribution in [0.25, 0.3) is 27.0 Å². The van der Waals surface area contributed by atoms with Crippen LogP contribution in [-0.2, 0) is 19.9 Å². The lowest BCUT2D eigenvalue weighted by molar-refractivity contribution is 0.112. The van der Waals surface area contributed by atoms with E-state index in [1.54, 1.807) is 31.6 Å². The second kappa shape index (κ2) is 9.17. The average Bonchev–Trinajstić information content (AvgIpc) is 3.31. The maximum Gasteiger partial charge on any atom is 0.290 e. The summed E-state index contributed by atoms with van der Waals surface area (Å²) in [4.78, 5) is 52.4. The summed E-state index contributed by atoms with van der Waals surface area (Å²) < 4.78 is 3.23. The molecule has 5 heterocycles. The van der Waals surface area contributed by atoms with E-state index in [-0.39, 0.29) is 28.2 Å². The first-order valence-corrected chi connectivity index (χ1v) is 12.6. The molecular formula is C26H21N7O3S. The number of anilines is 2. The fourth-order valence-corrected chi connectivity index (χ4v) is 6.04. The molecule has 0 amide bonds. The molecule has 0 spiro atoms. The quantitative estimate of drug-likeness (QED) is 0.356. The first-order chi connectivity index (χ1) is 18.0. The molecule has 37 heavy (non-hydrogen) atoms. The van der Waals surface area contributed by atoms with Crippen LogP contribution >= 0.6 is 11.3 Å². The average molecular weight is 512 g/mol. The maximum absolute atomic E-state index is 13.5. The minimum Gasteiger partial charge on any atom is -0.334 e. The normalized spacial score (nSPS) is 12.9. The molecule has 10 nitrogen and oxygen atoms in total. The number of hydrogen-bond donors (Lipinski definition) is 1. The monoisotopic (exact) mass is 511 g/mol. The fourth-order valence-electron chi connectivity index (χ4n) is 4.75. The molecule has 0 aromatic carbocycles. The second-order valence-electron chi connectivity index (χ2n) is 8.80. The van der Waals surface area contributed by atoms with Crippen LogP contribution in [0, 0.1) is 0 Å². The highest BCUT2D eigenvalue weighted by molar-refractivity contribution is 7.19. The Morgan fingerprint density at radius 2 is 1.92 bits per heavy atom. The number of aromatic nitrogens is 6. The highest BCUT2D eigenvalue weighted by atomic mass is 32.1. The Balaban J connectivity index is 1.49. The Bertz CT molecular complexity index is 1790. The van der Waals surface area contributed by atoms with Crippen molar-refractivity contribution in [2.24, 2.45) is 7.05 Å². The van der Waals surface area contributed by atoms with Gasteiger partial charge in [-0.1, -0.05) is 0 Å². The SMILES string of the molecule is Cn1cc(-c2ccnc(-n3ncc4c5c(sc4c3=O)CCCC5)c2C=O)cc(Nc2cnccn2)c1=O.